The van der Waals surface area contributed by atoms with Crippen molar-refractivity contribution in [2.75, 3.05) is 0 Å². The second-order valence-corrected chi connectivity index (χ2v) is 32.4. The van der Waals surface area contributed by atoms with Gasteiger partial charge >= 0.3 is 0 Å². The highest BCUT2D eigenvalue weighted by Crippen LogP contribution is 2.60. The zero-order valence-electron chi connectivity index (χ0n) is 56.4. The monoisotopic (exact) mass is 1390 g/mol. The van der Waals surface area contributed by atoms with Crippen molar-refractivity contribution >= 4 is 126 Å². The first kappa shape index (κ1) is 59.8. The Morgan fingerprint density at radius 3 is 1.39 bits per heavy atom. The third-order valence-electron chi connectivity index (χ3n) is 22.3. The minimum Gasteiger partial charge on any atom is -0.228 e. The number of nitrogens with zero attached hydrogens (tertiary/aromatic N) is 4. The predicted octanol–water partition coefficient (Wildman–Crippen LogP) is 27.1. The molecule has 0 amide bonds. The van der Waals surface area contributed by atoms with Crippen molar-refractivity contribution in [3.63, 3.8) is 0 Å². The molecule has 2 aliphatic rings. The van der Waals surface area contributed by atoms with Gasteiger partial charge in [0.25, 0.3) is 0 Å². The molecule has 1 atom stereocenters. The van der Waals surface area contributed by atoms with Gasteiger partial charge in [-0.15, -0.1) is 45.3 Å². The largest absolute Gasteiger partial charge is 0.228 e. The van der Waals surface area contributed by atoms with E-state index in [1.807, 2.05) is 45.3 Å². The lowest BCUT2D eigenvalue weighted by atomic mass is 9.67. The molecule has 0 radical (unpaired) electrons. The maximum absolute atomic E-state index is 5.81. The topological polar surface area (TPSA) is 51.6 Å². The summed E-state index contributed by atoms with van der Waals surface area (Å²) in [5, 5.41) is 9.79. The highest BCUT2D eigenvalue weighted by Gasteiger charge is 2.47. The smallest absolute Gasteiger partial charge is 0.161 e. The Balaban J connectivity index is 0.736. The quantitative estimate of drug-likeness (QED) is 0.145. The lowest BCUT2D eigenvalue weighted by molar-refractivity contribution is 0.660. The molecule has 6 aromatic heterocycles. The molecule has 0 bridgehead atoms. The van der Waals surface area contributed by atoms with Crippen molar-refractivity contribution in [2.24, 2.45) is 0 Å². The third kappa shape index (κ3) is 8.80. The highest BCUT2D eigenvalue weighted by atomic mass is 32.1. The van der Waals surface area contributed by atoms with Crippen LogP contribution in [0.1, 0.15) is 47.2 Å². The van der Waals surface area contributed by atoms with Crippen molar-refractivity contribution in [3.05, 3.63) is 349 Å². The van der Waals surface area contributed by atoms with Crippen LogP contribution in [-0.4, -0.2) is 19.9 Å². The summed E-state index contributed by atoms with van der Waals surface area (Å²) >= 11 is 7.33. The Labute approximate surface area is 615 Å². The van der Waals surface area contributed by atoms with Crippen LogP contribution in [0.2, 0.25) is 0 Å². The van der Waals surface area contributed by atoms with E-state index in [0.717, 1.165) is 67.3 Å². The minimum absolute atomic E-state index is 0.190. The van der Waals surface area contributed by atoms with Crippen LogP contribution >= 0.6 is 45.3 Å². The summed E-state index contributed by atoms with van der Waals surface area (Å²) in [6.07, 6.45) is 0. The van der Waals surface area contributed by atoms with E-state index in [0.29, 0.717) is 11.6 Å². The fourth-order valence-electron chi connectivity index (χ4n) is 17.6. The highest BCUT2D eigenvalue weighted by molar-refractivity contribution is 7.27. The summed E-state index contributed by atoms with van der Waals surface area (Å²) in [7, 11) is 0. The molecule has 2 aliphatic carbocycles. The Morgan fingerprint density at radius 1 is 0.240 bits per heavy atom. The summed E-state index contributed by atoms with van der Waals surface area (Å²) in [5.41, 5.74) is 23.5. The lowest BCUT2D eigenvalue weighted by Gasteiger charge is -2.34. The molecule has 8 heteroatoms. The molecule has 22 rings (SSSR count). The first-order valence-corrected chi connectivity index (χ1v) is 38.7. The van der Waals surface area contributed by atoms with E-state index < -0.39 is 5.41 Å². The van der Waals surface area contributed by atoms with Gasteiger partial charge in [0.2, 0.25) is 0 Å². The van der Waals surface area contributed by atoms with Crippen LogP contribution in [0.3, 0.4) is 0 Å². The fraction of sp³-hybridized carbons (Fsp3) is 0.0417. The van der Waals surface area contributed by atoms with Gasteiger partial charge in [0, 0.05) is 119 Å². The molecule has 104 heavy (non-hydrogen) atoms. The van der Waals surface area contributed by atoms with E-state index in [1.54, 1.807) is 0 Å². The Bertz CT molecular complexity index is 7030. The number of thiophene rings is 4. The number of rotatable bonds is 9. The standard InChI is InChI=1S/C96H58N4S4/c1-95(2)74-35-12-6-27-64(74)88-66(31-19-37-76(88)95)79-54-81(100-94(99-79)70-34-21-43-87-90(70)69-29-11-17-42-85(69)102-87)73-52-57(51-72-62-26-10-16-41-84(62)104-92(72)73)55-44-47-59(48-45-55)96(58-22-4-3-5-23-58)75-36-13-7-28-65(75)89-67(32-20-38-77(89)96)78-53-80(68-33-18-30-63-60-24-8-15-40-83(60)103-91(63)68)98-93(97-78)56-46-49-86-71(50-56)61-25-9-14-39-82(61)101-86/h3-54H,1-2H3. The molecule has 4 nitrogen and oxygen atoms in total. The summed E-state index contributed by atoms with van der Waals surface area (Å²) in [5.74, 6) is 1.40. The minimum atomic E-state index is -0.718. The van der Waals surface area contributed by atoms with Gasteiger partial charge in [0.05, 0.1) is 28.2 Å². The average Bonchev–Trinajstić information content (AvgIpc) is 1.53. The van der Waals surface area contributed by atoms with Crippen LogP contribution in [-0.2, 0) is 10.8 Å². The van der Waals surface area contributed by atoms with Crippen LogP contribution in [0.25, 0.3) is 182 Å². The summed E-state index contributed by atoms with van der Waals surface area (Å²) < 4.78 is 9.89. The number of benzene rings is 14. The number of fused-ring (bicyclic) bond motifs is 18. The summed E-state index contributed by atoms with van der Waals surface area (Å²) in [6, 6.07) is 117. The molecule has 1 unspecified atom stereocenters. The lowest BCUT2D eigenvalue weighted by Crippen LogP contribution is -2.28. The molecule has 14 aromatic carbocycles. The van der Waals surface area contributed by atoms with Crippen LogP contribution in [0, 0.1) is 0 Å². The first-order valence-electron chi connectivity index (χ1n) is 35.4. The zero-order chi connectivity index (χ0) is 68.5. The van der Waals surface area contributed by atoms with Crippen molar-refractivity contribution in [2.45, 2.75) is 24.7 Å². The number of aromatic nitrogens is 4. The van der Waals surface area contributed by atoms with E-state index in [2.05, 4.69) is 329 Å². The van der Waals surface area contributed by atoms with Gasteiger partial charge in [-0.1, -0.05) is 257 Å². The predicted molar refractivity (Wildman–Crippen MR) is 442 cm³/mol. The van der Waals surface area contributed by atoms with E-state index >= 15 is 0 Å². The molecular formula is C96H58N4S4. The second-order valence-electron chi connectivity index (χ2n) is 28.2. The zero-order valence-corrected chi connectivity index (χ0v) is 59.7. The van der Waals surface area contributed by atoms with Crippen molar-refractivity contribution in [1.29, 1.82) is 0 Å². The van der Waals surface area contributed by atoms with Crippen molar-refractivity contribution in [1.82, 2.24) is 19.9 Å². The van der Waals surface area contributed by atoms with Crippen LogP contribution in [0.15, 0.2) is 315 Å². The molecule has 0 aliphatic heterocycles. The number of hydrogen-bond donors (Lipinski definition) is 0. The molecular weight excluding hydrogens is 1340 g/mol. The van der Waals surface area contributed by atoms with E-state index in [4.69, 9.17) is 19.9 Å². The Kier molecular flexibility index (Phi) is 13.1. The Morgan fingerprint density at radius 2 is 0.673 bits per heavy atom. The maximum Gasteiger partial charge on any atom is 0.161 e. The molecule has 0 fully saturated rings. The molecule has 486 valence electrons. The van der Waals surface area contributed by atoms with E-state index in [1.165, 1.54) is 136 Å². The van der Waals surface area contributed by atoms with Gasteiger partial charge in [0.15, 0.2) is 11.6 Å². The molecule has 6 heterocycles. The normalized spacial score (nSPS) is 14.4. The van der Waals surface area contributed by atoms with Crippen LogP contribution in [0.4, 0.5) is 0 Å². The average molecular weight is 1400 g/mol. The van der Waals surface area contributed by atoms with Gasteiger partial charge in [-0.2, -0.15) is 0 Å². The van der Waals surface area contributed by atoms with Gasteiger partial charge < -0.3 is 0 Å². The summed E-state index contributed by atoms with van der Waals surface area (Å²) in [6.45, 7) is 4.71. The van der Waals surface area contributed by atoms with Gasteiger partial charge in [-0.05, 0) is 140 Å². The van der Waals surface area contributed by atoms with Crippen molar-refractivity contribution < 1.29 is 0 Å². The second kappa shape index (κ2) is 22.8. The molecule has 0 saturated heterocycles. The van der Waals surface area contributed by atoms with E-state index in [-0.39, 0.29) is 5.41 Å². The van der Waals surface area contributed by atoms with E-state index in [9.17, 15) is 0 Å². The SMILES string of the molecule is CC1(C)c2ccccc2-c2c(-c3cc(-c4cc(-c5ccc(C6(c7ccccc7)c7ccccc7-c7c(-c8cc(-c9cccc%10c9sc9ccccc9%10)nc(-c9ccc%10sc%11ccccc%11c%10c9)n8)cccc76)cc5)cc5c4sc4ccccc45)nc(-c4cccc5sc6ccccc6c45)n3)cccc21. The molecule has 0 spiro atoms. The Hall–Kier alpha value is -11.9. The van der Waals surface area contributed by atoms with Crippen LogP contribution in [0.5, 0.6) is 0 Å². The van der Waals surface area contributed by atoms with Gasteiger partial charge in [-0.3, -0.25) is 0 Å². The van der Waals surface area contributed by atoms with Crippen molar-refractivity contribution in [3.8, 4) is 101 Å². The first-order chi connectivity index (χ1) is 51.3. The van der Waals surface area contributed by atoms with Gasteiger partial charge in [0.1, 0.15) is 0 Å². The van der Waals surface area contributed by atoms with Crippen LogP contribution < -0.4 is 0 Å². The molecule has 0 saturated carbocycles. The summed E-state index contributed by atoms with van der Waals surface area (Å²) in [4.78, 5) is 22.9. The molecule has 20 aromatic rings. The molecule has 0 N–H and O–H groups in total. The fourth-order valence-corrected chi connectivity index (χ4v) is 22.2. The third-order valence-corrected chi connectivity index (χ3v) is 27.0. The van der Waals surface area contributed by atoms with Gasteiger partial charge in [-0.25, -0.2) is 19.9 Å². The maximum atomic E-state index is 5.81. The number of hydrogen-bond acceptors (Lipinski definition) is 8.